The molecule has 0 aliphatic carbocycles. The third-order valence-corrected chi connectivity index (χ3v) is 7.57. The lowest BCUT2D eigenvalue weighted by Crippen LogP contribution is -2.23. The van der Waals surface area contributed by atoms with Gasteiger partial charge in [0.05, 0.1) is 33.2 Å². The summed E-state index contributed by atoms with van der Waals surface area (Å²) in [5, 5.41) is 9.89. The van der Waals surface area contributed by atoms with E-state index in [2.05, 4.69) is 4.98 Å². The number of ether oxygens (including phenoxy) is 1. The molecule has 0 unspecified atom stereocenters. The molecule has 1 N–H and O–H groups in total. The lowest BCUT2D eigenvalue weighted by molar-refractivity contribution is -0.136. The van der Waals surface area contributed by atoms with Crippen LogP contribution in [0.15, 0.2) is 71.8 Å². The highest BCUT2D eigenvalue weighted by Crippen LogP contribution is 2.36. The smallest absolute Gasteiger partial charge is 0.419 e. The first-order valence-corrected chi connectivity index (χ1v) is 13.3. The first kappa shape index (κ1) is 26.7. The SMILES string of the molecule is CCc1nc2c(C(F)(F)F)cccn2c1-c1cccc(Oc2cccc(S(=O)(=O)CCC(C)(C)O)c2)c1. The van der Waals surface area contributed by atoms with Crippen molar-refractivity contribution in [2.75, 3.05) is 5.75 Å². The summed E-state index contributed by atoms with van der Waals surface area (Å²) in [5.74, 6) is 0.450. The van der Waals surface area contributed by atoms with Crippen LogP contribution < -0.4 is 4.74 Å². The molecule has 0 aliphatic heterocycles. The topological polar surface area (TPSA) is 80.9 Å². The van der Waals surface area contributed by atoms with E-state index in [9.17, 15) is 26.7 Å². The third-order valence-electron chi connectivity index (χ3n) is 5.85. The van der Waals surface area contributed by atoms with E-state index in [4.69, 9.17) is 4.74 Å². The van der Waals surface area contributed by atoms with Gasteiger partial charge in [0.25, 0.3) is 0 Å². The van der Waals surface area contributed by atoms with Crippen LogP contribution in [0.4, 0.5) is 13.2 Å². The van der Waals surface area contributed by atoms with Gasteiger partial charge >= 0.3 is 6.18 Å². The van der Waals surface area contributed by atoms with Crippen LogP contribution in [0.5, 0.6) is 11.5 Å². The van der Waals surface area contributed by atoms with Crippen LogP contribution >= 0.6 is 0 Å². The minimum absolute atomic E-state index is 0.0696. The molecule has 0 bridgehead atoms. The maximum atomic E-state index is 13.6. The highest BCUT2D eigenvalue weighted by atomic mass is 32.2. The van der Waals surface area contributed by atoms with E-state index in [1.807, 2.05) is 6.92 Å². The molecular formula is C27H27F3N2O4S. The highest BCUT2D eigenvalue weighted by molar-refractivity contribution is 7.91. The predicted molar refractivity (Wildman–Crippen MR) is 134 cm³/mol. The van der Waals surface area contributed by atoms with E-state index in [-0.39, 0.29) is 28.5 Å². The summed E-state index contributed by atoms with van der Waals surface area (Å²) in [6.45, 7) is 4.92. The van der Waals surface area contributed by atoms with Gasteiger partial charge in [0, 0.05) is 11.8 Å². The van der Waals surface area contributed by atoms with Crippen LogP contribution in [0.25, 0.3) is 16.9 Å². The number of aryl methyl sites for hydroxylation is 1. The van der Waals surface area contributed by atoms with Crippen LogP contribution in [-0.4, -0.2) is 34.3 Å². The van der Waals surface area contributed by atoms with Gasteiger partial charge in [-0.1, -0.05) is 25.1 Å². The molecule has 2 aromatic heterocycles. The van der Waals surface area contributed by atoms with Crippen molar-refractivity contribution >= 4 is 15.5 Å². The first-order valence-electron chi connectivity index (χ1n) is 11.7. The first-order chi connectivity index (χ1) is 17.3. The minimum Gasteiger partial charge on any atom is -0.457 e. The van der Waals surface area contributed by atoms with E-state index in [0.29, 0.717) is 29.1 Å². The zero-order chi connectivity index (χ0) is 27.0. The van der Waals surface area contributed by atoms with E-state index < -0.39 is 27.2 Å². The van der Waals surface area contributed by atoms with Gasteiger partial charge in [0.2, 0.25) is 0 Å². The molecule has 4 rings (SSSR count). The Morgan fingerprint density at radius 2 is 1.68 bits per heavy atom. The van der Waals surface area contributed by atoms with Gasteiger partial charge in [-0.3, -0.25) is 4.40 Å². The molecule has 0 atom stereocenters. The van der Waals surface area contributed by atoms with Crippen LogP contribution in [0.1, 0.15) is 38.4 Å². The molecule has 0 amide bonds. The summed E-state index contributed by atoms with van der Waals surface area (Å²) < 4.78 is 73.5. The van der Waals surface area contributed by atoms with Gasteiger partial charge < -0.3 is 9.84 Å². The van der Waals surface area contributed by atoms with E-state index in [1.54, 1.807) is 56.4 Å². The summed E-state index contributed by atoms with van der Waals surface area (Å²) in [6.07, 6.45) is -2.50. The Hall–Kier alpha value is -3.37. The number of hydrogen-bond donors (Lipinski definition) is 1. The van der Waals surface area contributed by atoms with Crippen LogP contribution in [0, 0.1) is 0 Å². The van der Waals surface area contributed by atoms with Crippen LogP contribution in [-0.2, 0) is 22.4 Å². The van der Waals surface area contributed by atoms with Gasteiger partial charge in [-0.25, -0.2) is 13.4 Å². The largest absolute Gasteiger partial charge is 0.457 e. The Bertz CT molecular complexity index is 1540. The maximum Gasteiger partial charge on any atom is 0.419 e. The van der Waals surface area contributed by atoms with Crippen molar-refractivity contribution < 1.29 is 31.4 Å². The van der Waals surface area contributed by atoms with Gasteiger partial charge in [0.15, 0.2) is 9.84 Å². The Morgan fingerprint density at radius 1 is 1.00 bits per heavy atom. The fraction of sp³-hybridized carbons (Fsp3) is 0.296. The summed E-state index contributed by atoms with van der Waals surface area (Å²) >= 11 is 0. The van der Waals surface area contributed by atoms with Crippen molar-refractivity contribution in [1.29, 1.82) is 0 Å². The average Bonchev–Trinajstić information content (AvgIpc) is 3.21. The van der Waals surface area contributed by atoms with Crippen molar-refractivity contribution in [3.63, 3.8) is 0 Å². The Labute approximate surface area is 213 Å². The lowest BCUT2D eigenvalue weighted by atomic mass is 10.1. The number of fused-ring (bicyclic) bond motifs is 1. The number of pyridine rings is 1. The fourth-order valence-electron chi connectivity index (χ4n) is 3.96. The number of halogens is 3. The highest BCUT2D eigenvalue weighted by Gasteiger charge is 2.34. The molecule has 37 heavy (non-hydrogen) atoms. The number of nitrogens with zero attached hydrogens (tertiary/aromatic N) is 2. The Kier molecular flexibility index (Phi) is 7.09. The molecule has 2 aromatic carbocycles. The van der Waals surface area contributed by atoms with Gasteiger partial charge in [-0.15, -0.1) is 0 Å². The van der Waals surface area contributed by atoms with Crippen LogP contribution in [0.3, 0.4) is 0 Å². The van der Waals surface area contributed by atoms with E-state index in [0.717, 1.165) is 6.07 Å². The zero-order valence-corrected chi connectivity index (χ0v) is 21.4. The Balaban J connectivity index is 1.68. The number of imidazole rings is 1. The van der Waals surface area contributed by atoms with Crippen molar-refractivity contribution in [2.24, 2.45) is 0 Å². The number of sulfone groups is 1. The minimum atomic E-state index is -4.54. The van der Waals surface area contributed by atoms with Gasteiger partial charge in [-0.05, 0) is 69.2 Å². The maximum absolute atomic E-state index is 13.6. The zero-order valence-electron chi connectivity index (χ0n) is 20.6. The van der Waals surface area contributed by atoms with Gasteiger partial charge in [0.1, 0.15) is 17.1 Å². The second kappa shape index (κ2) is 9.83. The molecule has 2 heterocycles. The Morgan fingerprint density at radius 3 is 2.32 bits per heavy atom. The molecule has 0 fully saturated rings. The van der Waals surface area contributed by atoms with Crippen molar-refractivity contribution in [3.05, 3.63) is 78.1 Å². The number of aliphatic hydroxyl groups is 1. The number of alkyl halides is 3. The van der Waals surface area contributed by atoms with Crippen molar-refractivity contribution in [1.82, 2.24) is 9.38 Å². The lowest BCUT2D eigenvalue weighted by Gasteiger charge is -2.16. The van der Waals surface area contributed by atoms with Crippen molar-refractivity contribution in [3.8, 4) is 22.8 Å². The molecule has 0 spiro atoms. The average molecular weight is 533 g/mol. The second-order valence-corrected chi connectivity index (χ2v) is 11.5. The fourth-order valence-corrected chi connectivity index (χ4v) is 5.55. The van der Waals surface area contributed by atoms with E-state index in [1.165, 1.54) is 22.6 Å². The normalized spacial score (nSPS) is 12.7. The standard InChI is InChI=1S/C27H27F3N2O4S/c1-4-23-24(32-14-7-12-22(25(32)31-23)27(28,29)30)18-8-5-9-19(16-18)36-20-10-6-11-21(17-20)37(34,35)15-13-26(2,3)33/h5-12,14,16-17,33H,4,13,15H2,1-3H3. The summed E-state index contributed by atoms with van der Waals surface area (Å²) in [6, 6.07) is 15.2. The molecule has 0 saturated carbocycles. The van der Waals surface area contributed by atoms with Gasteiger partial charge in [-0.2, -0.15) is 13.2 Å². The second-order valence-electron chi connectivity index (χ2n) is 9.36. The molecule has 196 valence electrons. The number of aromatic nitrogens is 2. The molecule has 4 aromatic rings. The summed E-state index contributed by atoms with van der Waals surface area (Å²) in [7, 11) is -3.64. The van der Waals surface area contributed by atoms with Crippen LogP contribution in [0.2, 0.25) is 0 Å². The van der Waals surface area contributed by atoms with E-state index >= 15 is 0 Å². The molecular weight excluding hydrogens is 505 g/mol. The number of benzene rings is 2. The summed E-state index contributed by atoms with van der Waals surface area (Å²) in [5.41, 5.74) is -0.457. The molecule has 0 saturated heterocycles. The summed E-state index contributed by atoms with van der Waals surface area (Å²) in [4.78, 5) is 4.35. The monoisotopic (exact) mass is 532 g/mol. The van der Waals surface area contributed by atoms with Crippen molar-refractivity contribution in [2.45, 2.75) is 50.3 Å². The molecule has 10 heteroatoms. The molecule has 0 radical (unpaired) electrons. The molecule has 0 aliphatic rings. The number of hydrogen-bond acceptors (Lipinski definition) is 5. The number of rotatable bonds is 8. The predicted octanol–water partition coefficient (Wildman–Crippen LogP) is 6.31. The molecule has 6 nitrogen and oxygen atoms in total. The third kappa shape index (κ3) is 5.97. The quantitative estimate of drug-likeness (QED) is 0.288.